The SMILES string of the molecule is Cl.O=C(O)c1ccc2[nH]cnc2n1. The molecule has 0 aliphatic heterocycles. The van der Waals surface area contributed by atoms with Crippen LogP contribution in [0.3, 0.4) is 0 Å². The fourth-order valence-corrected chi connectivity index (χ4v) is 0.942. The summed E-state index contributed by atoms with van der Waals surface area (Å²) in [5, 5.41) is 8.58. The van der Waals surface area contributed by atoms with Gasteiger partial charge in [0.05, 0.1) is 11.8 Å². The average Bonchev–Trinajstić information content (AvgIpc) is 2.49. The molecule has 0 spiro atoms. The Labute approximate surface area is 79.2 Å². The van der Waals surface area contributed by atoms with Gasteiger partial charge in [-0.1, -0.05) is 0 Å². The zero-order chi connectivity index (χ0) is 8.55. The second kappa shape index (κ2) is 3.40. The van der Waals surface area contributed by atoms with Crippen molar-refractivity contribution in [1.82, 2.24) is 15.0 Å². The molecular weight excluding hydrogens is 194 g/mol. The molecule has 0 amide bonds. The summed E-state index contributed by atoms with van der Waals surface area (Å²) in [7, 11) is 0. The van der Waals surface area contributed by atoms with Crippen molar-refractivity contribution >= 4 is 29.5 Å². The van der Waals surface area contributed by atoms with Gasteiger partial charge in [0.2, 0.25) is 0 Å². The van der Waals surface area contributed by atoms with Gasteiger partial charge in [0.25, 0.3) is 0 Å². The Hall–Kier alpha value is -1.62. The summed E-state index contributed by atoms with van der Waals surface area (Å²) >= 11 is 0. The molecule has 0 aromatic carbocycles. The number of imidazole rings is 1. The number of aromatic amines is 1. The van der Waals surface area contributed by atoms with E-state index >= 15 is 0 Å². The minimum atomic E-state index is -1.04. The van der Waals surface area contributed by atoms with Crippen LogP contribution in [0.2, 0.25) is 0 Å². The molecular formula is C7H6ClN3O2. The van der Waals surface area contributed by atoms with E-state index in [4.69, 9.17) is 5.11 Å². The molecule has 68 valence electrons. The zero-order valence-electron chi connectivity index (χ0n) is 6.39. The Morgan fingerprint density at radius 1 is 1.46 bits per heavy atom. The van der Waals surface area contributed by atoms with Gasteiger partial charge in [0.1, 0.15) is 0 Å². The number of nitrogens with one attached hydrogen (secondary N) is 1. The first-order valence-electron chi connectivity index (χ1n) is 3.31. The van der Waals surface area contributed by atoms with E-state index in [1.165, 1.54) is 12.4 Å². The number of hydrogen-bond donors (Lipinski definition) is 2. The summed E-state index contributed by atoms with van der Waals surface area (Å²) < 4.78 is 0. The highest BCUT2D eigenvalue weighted by Gasteiger charge is 2.05. The molecule has 2 rings (SSSR count). The Kier molecular flexibility index (Phi) is 2.48. The summed E-state index contributed by atoms with van der Waals surface area (Å²) in [5.41, 5.74) is 1.17. The number of carbonyl (C=O) groups is 1. The van der Waals surface area contributed by atoms with E-state index in [9.17, 15) is 4.79 Å². The predicted octanol–water partition coefficient (Wildman–Crippen LogP) is 1.08. The van der Waals surface area contributed by atoms with Crippen LogP contribution in [0.1, 0.15) is 10.5 Å². The highest BCUT2D eigenvalue weighted by atomic mass is 35.5. The van der Waals surface area contributed by atoms with E-state index < -0.39 is 5.97 Å². The van der Waals surface area contributed by atoms with Gasteiger partial charge in [0, 0.05) is 0 Å². The lowest BCUT2D eigenvalue weighted by Crippen LogP contribution is -1.99. The standard InChI is InChI=1S/C7H5N3O2.ClH/c11-7(12)5-2-1-4-6(10-5)9-3-8-4;/h1-3H,(H,11,12)(H,8,9,10);1H. The molecule has 2 aromatic heterocycles. The van der Waals surface area contributed by atoms with Crippen molar-refractivity contribution in [3.8, 4) is 0 Å². The Bertz CT molecular complexity index is 440. The molecule has 6 heteroatoms. The number of hydrogen-bond acceptors (Lipinski definition) is 3. The van der Waals surface area contributed by atoms with Crippen molar-refractivity contribution in [3.63, 3.8) is 0 Å². The fourth-order valence-electron chi connectivity index (χ4n) is 0.942. The van der Waals surface area contributed by atoms with Crippen molar-refractivity contribution in [1.29, 1.82) is 0 Å². The number of fused-ring (bicyclic) bond motifs is 1. The molecule has 0 fully saturated rings. The summed E-state index contributed by atoms with van der Waals surface area (Å²) in [6.45, 7) is 0. The molecule has 0 atom stereocenters. The van der Waals surface area contributed by atoms with E-state index in [0.717, 1.165) is 5.52 Å². The van der Waals surface area contributed by atoms with Gasteiger partial charge in [-0.3, -0.25) is 0 Å². The maximum absolute atomic E-state index is 10.5. The maximum Gasteiger partial charge on any atom is 0.354 e. The van der Waals surface area contributed by atoms with Crippen LogP contribution in [0.15, 0.2) is 18.5 Å². The second-order valence-electron chi connectivity index (χ2n) is 2.28. The lowest BCUT2D eigenvalue weighted by molar-refractivity contribution is 0.0691. The molecule has 0 aliphatic carbocycles. The fraction of sp³-hybridized carbons (Fsp3) is 0. The van der Waals surface area contributed by atoms with Gasteiger partial charge in [-0.25, -0.2) is 14.8 Å². The first-order chi connectivity index (χ1) is 5.77. The molecule has 0 unspecified atom stereocenters. The molecule has 2 heterocycles. The molecule has 2 N–H and O–H groups in total. The topological polar surface area (TPSA) is 78.9 Å². The van der Waals surface area contributed by atoms with Crippen LogP contribution in [0.25, 0.3) is 11.2 Å². The Balaban J connectivity index is 0.000000845. The first-order valence-corrected chi connectivity index (χ1v) is 3.31. The largest absolute Gasteiger partial charge is 0.477 e. The lowest BCUT2D eigenvalue weighted by Gasteiger charge is -1.91. The van der Waals surface area contributed by atoms with E-state index in [1.54, 1.807) is 6.07 Å². The summed E-state index contributed by atoms with van der Waals surface area (Å²) in [5.74, 6) is -1.04. The number of nitrogens with zero attached hydrogens (tertiary/aromatic N) is 2. The number of H-pyrrole nitrogens is 1. The van der Waals surface area contributed by atoms with Crippen molar-refractivity contribution in [2.45, 2.75) is 0 Å². The minimum Gasteiger partial charge on any atom is -0.477 e. The molecule has 0 saturated heterocycles. The van der Waals surface area contributed by atoms with Crippen molar-refractivity contribution in [2.75, 3.05) is 0 Å². The normalized spacial score (nSPS) is 9.54. The van der Waals surface area contributed by atoms with Crippen molar-refractivity contribution < 1.29 is 9.90 Å². The molecule has 0 radical (unpaired) electrons. The predicted molar refractivity (Wildman–Crippen MR) is 48.1 cm³/mol. The first kappa shape index (κ1) is 9.47. The van der Waals surface area contributed by atoms with E-state index in [0.29, 0.717) is 5.65 Å². The number of carboxylic acids is 1. The Morgan fingerprint density at radius 2 is 2.23 bits per heavy atom. The van der Waals surface area contributed by atoms with Gasteiger partial charge in [-0.05, 0) is 12.1 Å². The monoisotopic (exact) mass is 199 g/mol. The lowest BCUT2D eigenvalue weighted by atomic mass is 10.3. The highest BCUT2D eigenvalue weighted by Crippen LogP contribution is 2.06. The van der Waals surface area contributed by atoms with E-state index in [2.05, 4.69) is 15.0 Å². The van der Waals surface area contributed by atoms with Crippen molar-refractivity contribution in [3.05, 3.63) is 24.2 Å². The summed E-state index contributed by atoms with van der Waals surface area (Å²) in [6, 6.07) is 3.07. The van der Waals surface area contributed by atoms with Gasteiger partial charge in [0.15, 0.2) is 11.3 Å². The number of pyridine rings is 1. The smallest absolute Gasteiger partial charge is 0.354 e. The van der Waals surface area contributed by atoms with E-state index in [1.807, 2.05) is 0 Å². The number of rotatable bonds is 1. The molecule has 0 saturated carbocycles. The molecule has 13 heavy (non-hydrogen) atoms. The van der Waals surface area contributed by atoms with Crippen LogP contribution in [-0.4, -0.2) is 26.0 Å². The van der Waals surface area contributed by atoms with Gasteiger partial charge in [-0.15, -0.1) is 12.4 Å². The third kappa shape index (κ3) is 1.59. The minimum absolute atomic E-state index is 0. The number of carboxylic acid groups (broad SMARTS) is 1. The van der Waals surface area contributed by atoms with Crippen LogP contribution < -0.4 is 0 Å². The van der Waals surface area contributed by atoms with Gasteiger partial charge >= 0.3 is 5.97 Å². The van der Waals surface area contributed by atoms with Crippen LogP contribution in [0, 0.1) is 0 Å². The molecule has 2 aromatic rings. The molecule has 0 bridgehead atoms. The highest BCUT2D eigenvalue weighted by molar-refractivity contribution is 5.87. The third-order valence-electron chi connectivity index (χ3n) is 1.50. The summed E-state index contributed by atoms with van der Waals surface area (Å²) in [6.07, 6.45) is 1.48. The quantitative estimate of drug-likeness (QED) is 0.720. The van der Waals surface area contributed by atoms with Crippen LogP contribution >= 0.6 is 12.4 Å². The van der Waals surface area contributed by atoms with Crippen molar-refractivity contribution in [2.24, 2.45) is 0 Å². The average molecular weight is 200 g/mol. The van der Waals surface area contributed by atoms with Crippen LogP contribution in [-0.2, 0) is 0 Å². The maximum atomic E-state index is 10.5. The van der Waals surface area contributed by atoms with E-state index in [-0.39, 0.29) is 18.1 Å². The van der Waals surface area contributed by atoms with Gasteiger partial charge < -0.3 is 10.1 Å². The van der Waals surface area contributed by atoms with Gasteiger partial charge in [-0.2, -0.15) is 0 Å². The molecule has 5 nitrogen and oxygen atoms in total. The Morgan fingerprint density at radius 3 is 2.92 bits per heavy atom. The van der Waals surface area contributed by atoms with Crippen LogP contribution in [0.4, 0.5) is 0 Å². The number of aromatic carboxylic acids is 1. The number of halogens is 1. The van der Waals surface area contributed by atoms with Crippen LogP contribution in [0.5, 0.6) is 0 Å². The molecule has 0 aliphatic rings. The zero-order valence-corrected chi connectivity index (χ0v) is 7.21. The second-order valence-corrected chi connectivity index (χ2v) is 2.28. The number of aromatic nitrogens is 3. The third-order valence-corrected chi connectivity index (χ3v) is 1.50. The summed E-state index contributed by atoms with van der Waals surface area (Å²) in [4.78, 5) is 20.9.